The van der Waals surface area contributed by atoms with Crippen LogP contribution in [0.5, 0.6) is 5.75 Å². The Morgan fingerprint density at radius 2 is 1.92 bits per heavy atom. The smallest absolute Gasteiger partial charge is 0.226 e. The summed E-state index contributed by atoms with van der Waals surface area (Å²) in [5, 5.41) is 3.68. The Labute approximate surface area is 156 Å². The molecule has 0 radical (unpaired) electrons. The molecular weight excluding hydrogens is 363 g/mol. The topological polar surface area (TPSA) is 58.6 Å². The monoisotopic (exact) mass is 380 g/mol. The summed E-state index contributed by atoms with van der Waals surface area (Å²) in [4.78, 5) is 25.5. The standard InChI is InChI=1S/C18H18Cl2N2O3/c1-12(23)22(15-5-3-4-13(19)10-15)9-8-18(24)21-14-6-7-17(25-2)16(20)11-14/h3-7,10-11H,8-9H2,1-2H3,(H,21,24). The van der Waals surface area contributed by atoms with E-state index in [-0.39, 0.29) is 24.8 Å². The van der Waals surface area contributed by atoms with Gasteiger partial charge in [-0.15, -0.1) is 0 Å². The number of anilines is 2. The predicted octanol–water partition coefficient (Wildman–Crippen LogP) is 4.38. The van der Waals surface area contributed by atoms with Crippen molar-refractivity contribution in [3.63, 3.8) is 0 Å². The lowest BCUT2D eigenvalue weighted by Gasteiger charge is -2.21. The largest absolute Gasteiger partial charge is 0.495 e. The second-order valence-corrected chi connectivity index (χ2v) is 6.14. The van der Waals surface area contributed by atoms with Crippen molar-refractivity contribution in [2.24, 2.45) is 0 Å². The molecule has 7 heteroatoms. The lowest BCUT2D eigenvalue weighted by molar-refractivity contribution is -0.117. The molecule has 0 atom stereocenters. The lowest BCUT2D eigenvalue weighted by atomic mass is 10.2. The number of benzene rings is 2. The fraction of sp³-hybridized carbons (Fsp3) is 0.222. The van der Waals surface area contributed by atoms with Crippen LogP contribution >= 0.6 is 23.2 Å². The molecule has 2 rings (SSSR count). The Bertz CT molecular complexity index is 781. The predicted molar refractivity (Wildman–Crippen MR) is 101 cm³/mol. The van der Waals surface area contributed by atoms with Crippen molar-refractivity contribution in [2.75, 3.05) is 23.9 Å². The van der Waals surface area contributed by atoms with E-state index in [0.29, 0.717) is 27.2 Å². The van der Waals surface area contributed by atoms with Crippen molar-refractivity contribution in [1.82, 2.24) is 0 Å². The first-order valence-electron chi connectivity index (χ1n) is 7.57. The van der Waals surface area contributed by atoms with E-state index in [4.69, 9.17) is 27.9 Å². The number of nitrogens with zero attached hydrogens (tertiary/aromatic N) is 1. The van der Waals surface area contributed by atoms with Crippen molar-refractivity contribution >= 4 is 46.4 Å². The molecule has 0 saturated carbocycles. The van der Waals surface area contributed by atoms with Crippen LogP contribution in [0, 0.1) is 0 Å². The lowest BCUT2D eigenvalue weighted by Crippen LogP contribution is -2.31. The summed E-state index contributed by atoms with van der Waals surface area (Å²) >= 11 is 12.0. The van der Waals surface area contributed by atoms with E-state index in [0.717, 1.165) is 0 Å². The van der Waals surface area contributed by atoms with Gasteiger partial charge in [-0.05, 0) is 36.4 Å². The quantitative estimate of drug-likeness (QED) is 0.808. The van der Waals surface area contributed by atoms with Gasteiger partial charge in [0, 0.05) is 36.3 Å². The highest BCUT2D eigenvalue weighted by molar-refractivity contribution is 6.32. The molecule has 0 saturated heterocycles. The van der Waals surface area contributed by atoms with Crippen LogP contribution in [0.15, 0.2) is 42.5 Å². The van der Waals surface area contributed by atoms with Crippen molar-refractivity contribution in [3.05, 3.63) is 52.5 Å². The van der Waals surface area contributed by atoms with Crippen LogP contribution in [-0.2, 0) is 9.59 Å². The summed E-state index contributed by atoms with van der Waals surface area (Å²) < 4.78 is 5.07. The molecule has 0 fully saturated rings. The van der Waals surface area contributed by atoms with Crippen molar-refractivity contribution in [1.29, 1.82) is 0 Å². The molecule has 0 aromatic heterocycles. The van der Waals surface area contributed by atoms with E-state index < -0.39 is 0 Å². The van der Waals surface area contributed by atoms with Crippen LogP contribution < -0.4 is 15.0 Å². The summed E-state index contributed by atoms with van der Waals surface area (Å²) in [5.41, 5.74) is 1.22. The molecule has 0 heterocycles. The number of nitrogens with one attached hydrogen (secondary N) is 1. The maximum Gasteiger partial charge on any atom is 0.226 e. The summed E-state index contributed by atoms with van der Waals surface area (Å²) in [7, 11) is 1.52. The van der Waals surface area contributed by atoms with E-state index in [1.807, 2.05) is 0 Å². The Balaban J connectivity index is 1.99. The fourth-order valence-corrected chi connectivity index (χ4v) is 2.74. The average molecular weight is 381 g/mol. The Kier molecular flexibility index (Phi) is 6.67. The summed E-state index contributed by atoms with van der Waals surface area (Å²) in [6, 6.07) is 11.9. The van der Waals surface area contributed by atoms with Gasteiger partial charge >= 0.3 is 0 Å². The molecule has 0 aliphatic heterocycles. The Hall–Kier alpha value is -2.24. The number of carbonyl (C=O) groups excluding carboxylic acids is 2. The number of ether oxygens (including phenoxy) is 1. The van der Waals surface area contributed by atoms with E-state index in [2.05, 4.69) is 5.32 Å². The van der Waals surface area contributed by atoms with Gasteiger partial charge in [0.15, 0.2) is 0 Å². The number of rotatable bonds is 6. The van der Waals surface area contributed by atoms with Gasteiger partial charge in [0.25, 0.3) is 0 Å². The minimum atomic E-state index is -0.227. The summed E-state index contributed by atoms with van der Waals surface area (Å²) in [6.45, 7) is 1.69. The normalized spacial score (nSPS) is 10.2. The minimum Gasteiger partial charge on any atom is -0.495 e. The van der Waals surface area contributed by atoms with E-state index in [1.165, 1.54) is 18.9 Å². The first kappa shape index (κ1) is 19.1. The molecular formula is C18H18Cl2N2O3. The summed E-state index contributed by atoms with van der Waals surface area (Å²) in [5.74, 6) is 0.139. The molecule has 0 bridgehead atoms. The van der Waals surface area contributed by atoms with Crippen LogP contribution in [0.25, 0.3) is 0 Å². The third kappa shape index (κ3) is 5.37. The van der Waals surface area contributed by atoms with Gasteiger partial charge in [-0.3, -0.25) is 9.59 Å². The SMILES string of the molecule is COc1ccc(NC(=O)CCN(C(C)=O)c2cccc(Cl)c2)cc1Cl. The maximum atomic E-state index is 12.2. The number of carbonyl (C=O) groups is 2. The van der Waals surface area contributed by atoms with Gasteiger partial charge in [-0.1, -0.05) is 29.3 Å². The van der Waals surface area contributed by atoms with Gasteiger partial charge < -0.3 is 15.0 Å². The van der Waals surface area contributed by atoms with Gasteiger partial charge in [-0.2, -0.15) is 0 Å². The van der Waals surface area contributed by atoms with Crippen LogP contribution in [0.3, 0.4) is 0 Å². The molecule has 1 N–H and O–H groups in total. The van der Waals surface area contributed by atoms with Crippen LogP contribution in [-0.4, -0.2) is 25.5 Å². The minimum absolute atomic E-state index is 0.135. The molecule has 25 heavy (non-hydrogen) atoms. The first-order valence-corrected chi connectivity index (χ1v) is 8.33. The highest BCUT2D eigenvalue weighted by Crippen LogP contribution is 2.27. The zero-order valence-electron chi connectivity index (χ0n) is 13.9. The molecule has 132 valence electrons. The molecule has 0 unspecified atom stereocenters. The Morgan fingerprint density at radius 1 is 1.16 bits per heavy atom. The van der Waals surface area contributed by atoms with Gasteiger partial charge in [-0.25, -0.2) is 0 Å². The number of amides is 2. The molecule has 0 aliphatic rings. The van der Waals surface area contributed by atoms with E-state index in [1.54, 1.807) is 42.5 Å². The molecule has 2 amide bonds. The van der Waals surface area contributed by atoms with Crippen LogP contribution in [0.1, 0.15) is 13.3 Å². The third-order valence-electron chi connectivity index (χ3n) is 3.50. The number of hydrogen-bond acceptors (Lipinski definition) is 3. The van der Waals surface area contributed by atoms with Gasteiger partial charge in [0.2, 0.25) is 11.8 Å². The number of hydrogen-bond donors (Lipinski definition) is 1. The van der Waals surface area contributed by atoms with Crippen LogP contribution in [0.2, 0.25) is 10.0 Å². The Morgan fingerprint density at radius 3 is 2.52 bits per heavy atom. The van der Waals surface area contributed by atoms with Gasteiger partial charge in [0.1, 0.15) is 5.75 Å². The third-order valence-corrected chi connectivity index (χ3v) is 4.03. The van der Waals surface area contributed by atoms with Crippen molar-refractivity contribution in [3.8, 4) is 5.75 Å². The van der Waals surface area contributed by atoms with Crippen molar-refractivity contribution in [2.45, 2.75) is 13.3 Å². The van der Waals surface area contributed by atoms with E-state index in [9.17, 15) is 9.59 Å². The van der Waals surface area contributed by atoms with Crippen molar-refractivity contribution < 1.29 is 14.3 Å². The van der Waals surface area contributed by atoms with Crippen LogP contribution in [0.4, 0.5) is 11.4 Å². The molecule has 5 nitrogen and oxygen atoms in total. The highest BCUT2D eigenvalue weighted by atomic mass is 35.5. The zero-order chi connectivity index (χ0) is 18.4. The average Bonchev–Trinajstić information content (AvgIpc) is 2.55. The second kappa shape index (κ2) is 8.74. The number of halogens is 2. The molecule has 0 spiro atoms. The zero-order valence-corrected chi connectivity index (χ0v) is 15.4. The first-order chi connectivity index (χ1) is 11.9. The highest BCUT2D eigenvalue weighted by Gasteiger charge is 2.14. The summed E-state index contributed by atoms with van der Waals surface area (Å²) in [6.07, 6.45) is 0.135. The number of methoxy groups -OCH3 is 1. The maximum absolute atomic E-state index is 12.2. The second-order valence-electron chi connectivity index (χ2n) is 5.30. The molecule has 0 aliphatic carbocycles. The fourth-order valence-electron chi connectivity index (χ4n) is 2.29. The van der Waals surface area contributed by atoms with E-state index >= 15 is 0 Å². The molecule has 2 aromatic rings. The molecule has 2 aromatic carbocycles. The van der Waals surface area contributed by atoms with Gasteiger partial charge in [0.05, 0.1) is 12.1 Å².